The number of carbonyl (C=O) groups is 2. The molecule has 6 nitrogen and oxygen atoms in total. The van der Waals surface area contributed by atoms with Crippen molar-refractivity contribution >= 4 is 22.8 Å². The van der Waals surface area contributed by atoms with Gasteiger partial charge in [0.15, 0.2) is 5.69 Å². The summed E-state index contributed by atoms with van der Waals surface area (Å²) in [7, 11) is 0. The Morgan fingerprint density at radius 2 is 2.04 bits per heavy atom. The zero-order valence-electron chi connectivity index (χ0n) is 14.2. The standard InChI is InChI=1S/C18H23N3O3/c1-5-6-11-21-13-10-8-7-9-12(13)14(20-21)16(22)19-15(17(23)24)18(2,3)4/h5,7-10,15H,1,6,11H2,2-4H3,(H,19,22)(H,23,24). The van der Waals surface area contributed by atoms with Crippen molar-refractivity contribution in [3.05, 3.63) is 42.6 Å². The Morgan fingerprint density at radius 3 is 2.62 bits per heavy atom. The smallest absolute Gasteiger partial charge is 0.326 e. The lowest BCUT2D eigenvalue weighted by Gasteiger charge is -2.27. The summed E-state index contributed by atoms with van der Waals surface area (Å²) in [5, 5.41) is 17.1. The third kappa shape index (κ3) is 3.64. The highest BCUT2D eigenvalue weighted by atomic mass is 16.4. The molecule has 2 aromatic rings. The van der Waals surface area contributed by atoms with Crippen LogP contribution in [-0.4, -0.2) is 32.8 Å². The number of rotatable bonds is 6. The summed E-state index contributed by atoms with van der Waals surface area (Å²) in [5.41, 5.74) is 0.472. The maximum atomic E-state index is 12.6. The number of allylic oxidation sites excluding steroid dienone is 1. The van der Waals surface area contributed by atoms with E-state index >= 15 is 0 Å². The van der Waals surface area contributed by atoms with E-state index in [1.807, 2.05) is 24.3 Å². The monoisotopic (exact) mass is 329 g/mol. The van der Waals surface area contributed by atoms with Gasteiger partial charge < -0.3 is 10.4 Å². The van der Waals surface area contributed by atoms with Crippen LogP contribution in [0.1, 0.15) is 37.7 Å². The molecule has 128 valence electrons. The van der Waals surface area contributed by atoms with Crippen LogP contribution in [0.5, 0.6) is 0 Å². The summed E-state index contributed by atoms with van der Waals surface area (Å²) in [6.45, 7) is 9.62. The molecule has 1 aromatic heterocycles. The topological polar surface area (TPSA) is 84.2 Å². The summed E-state index contributed by atoms with van der Waals surface area (Å²) < 4.78 is 1.75. The lowest BCUT2D eigenvalue weighted by atomic mass is 9.86. The van der Waals surface area contributed by atoms with Crippen molar-refractivity contribution in [2.75, 3.05) is 0 Å². The van der Waals surface area contributed by atoms with Crippen LogP contribution in [0.4, 0.5) is 0 Å². The number of carboxylic acids is 1. The van der Waals surface area contributed by atoms with Crippen LogP contribution in [0.15, 0.2) is 36.9 Å². The molecule has 0 aliphatic carbocycles. The van der Waals surface area contributed by atoms with Crippen molar-refractivity contribution in [3.8, 4) is 0 Å². The van der Waals surface area contributed by atoms with Gasteiger partial charge in [-0.25, -0.2) is 4.79 Å². The van der Waals surface area contributed by atoms with E-state index in [1.54, 1.807) is 31.5 Å². The van der Waals surface area contributed by atoms with E-state index in [2.05, 4.69) is 17.0 Å². The molecule has 0 bridgehead atoms. The lowest BCUT2D eigenvalue weighted by Crippen LogP contribution is -2.49. The fourth-order valence-electron chi connectivity index (χ4n) is 2.53. The number of nitrogens with one attached hydrogen (secondary N) is 1. The molecule has 1 amide bonds. The van der Waals surface area contributed by atoms with E-state index in [0.717, 1.165) is 11.9 Å². The molecule has 1 atom stereocenters. The molecule has 1 aromatic carbocycles. The van der Waals surface area contributed by atoms with Crippen molar-refractivity contribution in [1.82, 2.24) is 15.1 Å². The maximum absolute atomic E-state index is 12.6. The number of aromatic nitrogens is 2. The lowest BCUT2D eigenvalue weighted by molar-refractivity contribution is -0.142. The quantitative estimate of drug-likeness (QED) is 0.798. The van der Waals surface area contributed by atoms with Gasteiger partial charge in [-0.2, -0.15) is 5.10 Å². The number of amides is 1. The van der Waals surface area contributed by atoms with Crippen molar-refractivity contribution < 1.29 is 14.7 Å². The normalized spacial score (nSPS) is 12.8. The predicted molar refractivity (Wildman–Crippen MR) is 92.9 cm³/mol. The van der Waals surface area contributed by atoms with Gasteiger partial charge in [0.1, 0.15) is 6.04 Å². The van der Waals surface area contributed by atoms with E-state index in [0.29, 0.717) is 11.9 Å². The third-order valence-corrected chi connectivity index (χ3v) is 3.81. The molecule has 1 heterocycles. The highest BCUT2D eigenvalue weighted by molar-refractivity contribution is 6.06. The van der Waals surface area contributed by atoms with Gasteiger partial charge in [-0.3, -0.25) is 9.48 Å². The van der Waals surface area contributed by atoms with Crippen LogP contribution in [0, 0.1) is 5.41 Å². The Kier molecular flexibility index (Phi) is 5.07. The van der Waals surface area contributed by atoms with E-state index in [4.69, 9.17) is 0 Å². The van der Waals surface area contributed by atoms with E-state index < -0.39 is 23.3 Å². The Morgan fingerprint density at radius 1 is 1.38 bits per heavy atom. The number of fused-ring (bicyclic) bond motifs is 1. The molecule has 0 radical (unpaired) electrons. The van der Waals surface area contributed by atoms with Crippen molar-refractivity contribution in [2.45, 2.75) is 39.8 Å². The first kappa shape index (κ1) is 17.7. The third-order valence-electron chi connectivity index (χ3n) is 3.81. The molecule has 0 spiro atoms. The van der Waals surface area contributed by atoms with Gasteiger partial charge in [0.25, 0.3) is 5.91 Å². The van der Waals surface area contributed by atoms with Gasteiger partial charge in [-0.1, -0.05) is 45.0 Å². The first-order chi connectivity index (χ1) is 11.3. The van der Waals surface area contributed by atoms with Crippen molar-refractivity contribution in [3.63, 3.8) is 0 Å². The van der Waals surface area contributed by atoms with E-state index in [1.165, 1.54) is 0 Å². The van der Waals surface area contributed by atoms with Gasteiger partial charge in [0.05, 0.1) is 5.52 Å². The molecular weight excluding hydrogens is 306 g/mol. The molecule has 6 heteroatoms. The first-order valence-corrected chi connectivity index (χ1v) is 7.86. The van der Waals surface area contributed by atoms with Crippen LogP contribution in [0.3, 0.4) is 0 Å². The van der Waals surface area contributed by atoms with E-state index in [-0.39, 0.29) is 5.69 Å². The highest BCUT2D eigenvalue weighted by Crippen LogP contribution is 2.22. The van der Waals surface area contributed by atoms with Gasteiger partial charge >= 0.3 is 5.97 Å². The average Bonchev–Trinajstić information content (AvgIpc) is 2.88. The van der Waals surface area contributed by atoms with E-state index in [9.17, 15) is 14.7 Å². The number of hydrogen-bond donors (Lipinski definition) is 2. The van der Waals surface area contributed by atoms with Crippen molar-refractivity contribution in [1.29, 1.82) is 0 Å². The van der Waals surface area contributed by atoms with Gasteiger partial charge in [-0.05, 0) is 17.9 Å². The first-order valence-electron chi connectivity index (χ1n) is 7.86. The molecule has 0 saturated carbocycles. The summed E-state index contributed by atoms with van der Waals surface area (Å²) in [6, 6.07) is 6.42. The number of aryl methyl sites for hydroxylation is 1. The predicted octanol–water partition coefficient (Wildman–Crippen LogP) is 2.84. The molecule has 2 rings (SSSR count). The van der Waals surface area contributed by atoms with Crippen LogP contribution in [0.2, 0.25) is 0 Å². The summed E-state index contributed by atoms with van der Waals surface area (Å²) in [6.07, 6.45) is 2.52. The minimum Gasteiger partial charge on any atom is -0.480 e. The largest absolute Gasteiger partial charge is 0.480 e. The summed E-state index contributed by atoms with van der Waals surface area (Å²) in [5.74, 6) is -1.54. The van der Waals surface area contributed by atoms with Gasteiger partial charge in [0.2, 0.25) is 0 Å². The number of nitrogens with zero attached hydrogens (tertiary/aromatic N) is 2. The Balaban J connectivity index is 2.39. The molecule has 0 fully saturated rings. The number of carbonyl (C=O) groups excluding carboxylic acids is 1. The summed E-state index contributed by atoms with van der Waals surface area (Å²) in [4.78, 5) is 24.1. The minimum atomic E-state index is -1.06. The minimum absolute atomic E-state index is 0.241. The number of hydrogen-bond acceptors (Lipinski definition) is 3. The van der Waals surface area contributed by atoms with Crippen LogP contribution >= 0.6 is 0 Å². The number of benzene rings is 1. The molecule has 0 aliphatic rings. The van der Waals surface area contributed by atoms with Gasteiger partial charge in [0, 0.05) is 11.9 Å². The fraction of sp³-hybridized carbons (Fsp3) is 0.389. The van der Waals surface area contributed by atoms with Crippen LogP contribution in [-0.2, 0) is 11.3 Å². The van der Waals surface area contributed by atoms with Crippen LogP contribution in [0.25, 0.3) is 10.9 Å². The Bertz CT molecular complexity index is 771. The maximum Gasteiger partial charge on any atom is 0.326 e. The SMILES string of the molecule is C=CCCn1nc(C(=O)NC(C(=O)O)C(C)(C)C)c2ccccc21. The second-order valence-electron chi connectivity index (χ2n) is 6.78. The molecule has 1 unspecified atom stereocenters. The van der Waals surface area contributed by atoms with Crippen LogP contribution < -0.4 is 5.32 Å². The molecule has 0 aliphatic heterocycles. The zero-order chi connectivity index (χ0) is 17.9. The zero-order valence-corrected chi connectivity index (χ0v) is 14.2. The molecule has 2 N–H and O–H groups in total. The average molecular weight is 329 g/mol. The Hall–Kier alpha value is -2.63. The fourth-order valence-corrected chi connectivity index (χ4v) is 2.53. The molecule has 0 saturated heterocycles. The van der Waals surface area contributed by atoms with Crippen molar-refractivity contribution in [2.24, 2.45) is 5.41 Å². The van der Waals surface area contributed by atoms with Gasteiger partial charge in [-0.15, -0.1) is 6.58 Å². The highest BCUT2D eigenvalue weighted by Gasteiger charge is 2.33. The second-order valence-corrected chi connectivity index (χ2v) is 6.78. The number of carboxylic acid groups (broad SMARTS) is 1. The number of para-hydroxylation sites is 1. The Labute approximate surface area is 141 Å². The second kappa shape index (κ2) is 6.86. The molecule has 24 heavy (non-hydrogen) atoms. The molecular formula is C18H23N3O3. The summed E-state index contributed by atoms with van der Waals surface area (Å²) >= 11 is 0. The number of aliphatic carboxylic acids is 1.